The Morgan fingerprint density at radius 2 is 2.00 bits per heavy atom. The van der Waals surface area contributed by atoms with E-state index in [1.807, 2.05) is 30.3 Å². The van der Waals surface area contributed by atoms with Crippen LogP contribution in [-0.4, -0.2) is 24.5 Å². The number of carbonyl (C=O) groups is 2. The molecule has 0 spiro atoms. The van der Waals surface area contributed by atoms with Gasteiger partial charge in [-0.25, -0.2) is 4.79 Å². The van der Waals surface area contributed by atoms with Gasteiger partial charge in [0, 0.05) is 10.5 Å². The number of ether oxygens (including phenoxy) is 1. The van der Waals surface area contributed by atoms with E-state index in [-0.39, 0.29) is 12.5 Å². The summed E-state index contributed by atoms with van der Waals surface area (Å²) in [5.41, 5.74) is 0.989. The maximum Gasteiger partial charge on any atom is 0.332 e. The van der Waals surface area contributed by atoms with Crippen LogP contribution in [0.4, 0.5) is 0 Å². The molecule has 1 aromatic rings. The first-order valence-electron chi connectivity index (χ1n) is 5.91. The molecule has 0 aromatic heterocycles. The molecule has 1 amide bonds. The molecule has 102 valence electrons. The summed E-state index contributed by atoms with van der Waals surface area (Å²) in [5, 5.41) is 2.57. The number of nitrogens with one attached hydrogen (secondary N) is 1. The number of rotatable bonds is 5. The van der Waals surface area contributed by atoms with E-state index in [4.69, 9.17) is 4.74 Å². The minimum absolute atomic E-state index is 0.272. The average Bonchev–Trinajstić information content (AvgIpc) is 2.38. The third-order valence-corrected chi connectivity index (χ3v) is 3.24. The van der Waals surface area contributed by atoms with Crippen molar-refractivity contribution in [3.8, 4) is 0 Å². The lowest BCUT2D eigenvalue weighted by Gasteiger charge is -2.13. The number of esters is 1. The normalized spacial score (nSPS) is 12.7. The zero-order valence-electron chi connectivity index (χ0n) is 10.9. The van der Waals surface area contributed by atoms with Gasteiger partial charge in [0.05, 0.1) is 6.61 Å². The van der Waals surface area contributed by atoms with Gasteiger partial charge in [-0.15, -0.1) is 0 Å². The molecule has 4 nitrogen and oxygen atoms in total. The topological polar surface area (TPSA) is 55.4 Å². The number of benzene rings is 1. The summed E-state index contributed by atoms with van der Waals surface area (Å²) >= 11 is 2.13. The molecular formula is C14H16INO3. The highest BCUT2D eigenvalue weighted by molar-refractivity contribution is 14.1. The third kappa shape index (κ3) is 5.42. The first kappa shape index (κ1) is 15.7. The van der Waals surface area contributed by atoms with Crippen LogP contribution in [0.25, 0.3) is 3.58 Å². The standard InChI is InChI=1S/C14H16INO3/c1-3-19-14(18)13(16-10(2)17)9-12(15)11-7-5-4-6-8-11/h4-9,13H,3H2,1-2H3,(H,16,17)/b12-9-. The quantitative estimate of drug-likeness (QED) is 0.638. The van der Waals surface area contributed by atoms with Gasteiger partial charge in [-0.3, -0.25) is 4.79 Å². The predicted octanol–water partition coefficient (Wildman–Crippen LogP) is 2.53. The number of amides is 1. The van der Waals surface area contributed by atoms with E-state index < -0.39 is 12.0 Å². The molecule has 1 aromatic carbocycles. The molecule has 0 saturated heterocycles. The summed E-state index contributed by atoms with van der Waals surface area (Å²) in [4.78, 5) is 22.9. The van der Waals surface area contributed by atoms with Crippen LogP contribution >= 0.6 is 22.6 Å². The summed E-state index contributed by atoms with van der Waals surface area (Å²) in [5.74, 6) is -0.727. The second kappa shape index (κ2) is 7.93. The molecule has 0 aliphatic heterocycles. The van der Waals surface area contributed by atoms with Gasteiger partial charge in [0.1, 0.15) is 6.04 Å². The van der Waals surface area contributed by atoms with Crippen molar-refractivity contribution in [3.05, 3.63) is 42.0 Å². The Kier molecular flexibility index (Phi) is 6.55. The molecule has 0 heterocycles. The van der Waals surface area contributed by atoms with E-state index in [0.29, 0.717) is 0 Å². The fraction of sp³-hybridized carbons (Fsp3) is 0.286. The monoisotopic (exact) mass is 373 g/mol. The van der Waals surface area contributed by atoms with Crippen molar-refractivity contribution in [1.82, 2.24) is 5.32 Å². The lowest BCUT2D eigenvalue weighted by molar-refractivity contribution is -0.145. The van der Waals surface area contributed by atoms with Gasteiger partial charge in [-0.1, -0.05) is 30.3 Å². The van der Waals surface area contributed by atoms with E-state index in [1.54, 1.807) is 13.0 Å². The Morgan fingerprint density at radius 1 is 1.37 bits per heavy atom. The van der Waals surface area contributed by atoms with Gasteiger partial charge in [0.2, 0.25) is 5.91 Å². The Labute approximate surface area is 126 Å². The molecule has 0 aliphatic rings. The zero-order chi connectivity index (χ0) is 14.3. The predicted molar refractivity (Wildman–Crippen MR) is 82.7 cm³/mol. The summed E-state index contributed by atoms with van der Waals surface area (Å²) in [6.07, 6.45) is 1.69. The van der Waals surface area contributed by atoms with Crippen molar-refractivity contribution < 1.29 is 14.3 Å². The van der Waals surface area contributed by atoms with Crippen molar-refractivity contribution >= 4 is 38.0 Å². The number of carbonyl (C=O) groups excluding carboxylic acids is 2. The maximum absolute atomic E-state index is 11.8. The van der Waals surface area contributed by atoms with Crippen LogP contribution in [0.1, 0.15) is 19.4 Å². The highest BCUT2D eigenvalue weighted by Crippen LogP contribution is 2.22. The molecule has 0 aliphatic carbocycles. The lowest BCUT2D eigenvalue weighted by Crippen LogP contribution is -2.39. The van der Waals surface area contributed by atoms with E-state index >= 15 is 0 Å². The fourth-order valence-corrected chi connectivity index (χ4v) is 2.18. The van der Waals surface area contributed by atoms with Gasteiger partial charge in [0.25, 0.3) is 0 Å². The highest BCUT2D eigenvalue weighted by Gasteiger charge is 2.18. The molecule has 0 bridgehead atoms. The first-order chi connectivity index (χ1) is 9.04. The highest BCUT2D eigenvalue weighted by atomic mass is 127. The average molecular weight is 373 g/mol. The summed E-state index contributed by atoms with van der Waals surface area (Å²) < 4.78 is 5.82. The second-order valence-electron chi connectivity index (χ2n) is 3.81. The molecule has 1 unspecified atom stereocenters. The molecule has 0 saturated carbocycles. The van der Waals surface area contributed by atoms with Gasteiger partial charge in [-0.05, 0) is 41.2 Å². The van der Waals surface area contributed by atoms with Crippen molar-refractivity contribution in [2.75, 3.05) is 6.61 Å². The third-order valence-electron chi connectivity index (χ3n) is 2.26. The van der Waals surface area contributed by atoms with E-state index in [2.05, 4.69) is 27.9 Å². The van der Waals surface area contributed by atoms with E-state index in [9.17, 15) is 9.59 Å². The van der Waals surface area contributed by atoms with Crippen molar-refractivity contribution in [2.45, 2.75) is 19.9 Å². The molecule has 1 N–H and O–H groups in total. The minimum Gasteiger partial charge on any atom is -0.464 e. The smallest absolute Gasteiger partial charge is 0.332 e. The van der Waals surface area contributed by atoms with E-state index in [0.717, 1.165) is 9.14 Å². The van der Waals surface area contributed by atoms with Crippen LogP contribution in [0, 0.1) is 0 Å². The van der Waals surface area contributed by atoms with E-state index in [1.165, 1.54) is 6.92 Å². The Bertz CT molecular complexity index is 471. The van der Waals surface area contributed by atoms with Crippen LogP contribution in [-0.2, 0) is 14.3 Å². The van der Waals surface area contributed by atoms with Crippen LogP contribution in [0.5, 0.6) is 0 Å². The van der Waals surface area contributed by atoms with Crippen molar-refractivity contribution in [2.24, 2.45) is 0 Å². The number of hydrogen-bond donors (Lipinski definition) is 1. The summed E-state index contributed by atoms with van der Waals surface area (Å²) in [7, 11) is 0. The summed E-state index contributed by atoms with van der Waals surface area (Å²) in [6, 6.07) is 8.87. The van der Waals surface area contributed by atoms with Gasteiger partial charge >= 0.3 is 5.97 Å². The van der Waals surface area contributed by atoms with Gasteiger partial charge in [-0.2, -0.15) is 0 Å². The van der Waals surface area contributed by atoms with Crippen LogP contribution < -0.4 is 5.32 Å². The van der Waals surface area contributed by atoms with Gasteiger partial charge < -0.3 is 10.1 Å². The maximum atomic E-state index is 11.8. The SMILES string of the molecule is CCOC(=O)C(/C=C(\I)c1ccccc1)NC(C)=O. The number of halogens is 1. The molecule has 0 fully saturated rings. The van der Waals surface area contributed by atoms with Crippen molar-refractivity contribution in [3.63, 3.8) is 0 Å². The van der Waals surface area contributed by atoms with Crippen LogP contribution in [0.3, 0.4) is 0 Å². The fourth-order valence-electron chi connectivity index (χ4n) is 1.46. The second-order valence-corrected chi connectivity index (χ2v) is 4.97. The minimum atomic E-state index is -0.760. The first-order valence-corrected chi connectivity index (χ1v) is 6.99. The Hall–Kier alpha value is -1.37. The largest absolute Gasteiger partial charge is 0.464 e. The molecular weight excluding hydrogens is 357 g/mol. The molecule has 1 rings (SSSR count). The Balaban J connectivity index is 2.92. The molecule has 0 radical (unpaired) electrons. The van der Waals surface area contributed by atoms with Gasteiger partial charge in [0.15, 0.2) is 0 Å². The Morgan fingerprint density at radius 3 is 2.53 bits per heavy atom. The molecule has 5 heteroatoms. The summed E-state index contributed by atoms with van der Waals surface area (Å²) in [6.45, 7) is 3.38. The van der Waals surface area contributed by atoms with Crippen molar-refractivity contribution in [1.29, 1.82) is 0 Å². The van der Waals surface area contributed by atoms with Crippen LogP contribution in [0.15, 0.2) is 36.4 Å². The van der Waals surface area contributed by atoms with Crippen LogP contribution in [0.2, 0.25) is 0 Å². The molecule has 1 atom stereocenters. The lowest BCUT2D eigenvalue weighted by atomic mass is 10.1. The molecule has 19 heavy (non-hydrogen) atoms. The zero-order valence-corrected chi connectivity index (χ0v) is 13.0. The number of hydrogen-bond acceptors (Lipinski definition) is 3.